The zero-order valence-electron chi connectivity index (χ0n) is 9.92. The maximum absolute atomic E-state index is 6.18. The van der Waals surface area contributed by atoms with E-state index in [-0.39, 0.29) is 0 Å². The van der Waals surface area contributed by atoms with Crippen molar-refractivity contribution in [3.05, 3.63) is 22.3 Å². The van der Waals surface area contributed by atoms with Crippen molar-refractivity contribution in [1.29, 1.82) is 0 Å². The van der Waals surface area contributed by atoms with E-state index in [2.05, 4.69) is 22.1 Å². The van der Waals surface area contributed by atoms with E-state index in [9.17, 15) is 0 Å². The molecule has 1 fully saturated rings. The summed E-state index contributed by atoms with van der Waals surface area (Å²) in [4.78, 5) is 6.52. The van der Waals surface area contributed by atoms with Crippen molar-refractivity contribution in [3.8, 4) is 0 Å². The molecule has 1 aliphatic rings. The summed E-state index contributed by atoms with van der Waals surface area (Å²) < 4.78 is 0. The molecule has 0 radical (unpaired) electrons. The minimum absolute atomic E-state index is 0.545. The summed E-state index contributed by atoms with van der Waals surface area (Å²) >= 11 is 12.0. The minimum Gasteiger partial charge on any atom is -0.354 e. The Hall–Kier alpha value is -0.510. The number of hydrogen-bond acceptors (Lipinski definition) is 3. The van der Waals surface area contributed by atoms with E-state index < -0.39 is 0 Å². The highest BCUT2D eigenvalue weighted by atomic mass is 35.5. The number of halogens is 2. The average molecular weight is 274 g/mol. The number of hydrogen-bond donors (Lipinski definition) is 1. The summed E-state index contributed by atoms with van der Waals surface area (Å²) in [6, 6.07) is 2.29. The first-order valence-electron chi connectivity index (χ1n) is 6.00. The Bertz CT molecular complexity index is 378. The highest BCUT2D eigenvalue weighted by Crippen LogP contribution is 2.26. The third-order valence-electron chi connectivity index (χ3n) is 3.07. The van der Waals surface area contributed by atoms with Gasteiger partial charge in [-0.1, -0.05) is 23.2 Å². The maximum Gasteiger partial charge on any atom is 0.147 e. The third-order valence-corrected chi connectivity index (χ3v) is 3.56. The van der Waals surface area contributed by atoms with Crippen LogP contribution >= 0.6 is 23.2 Å². The summed E-state index contributed by atoms with van der Waals surface area (Å²) in [5.41, 5.74) is 0. The molecule has 1 aliphatic heterocycles. The van der Waals surface area contributed by atoms with Crippen LogP contribution in [0, 0.1) is 0 Å². The summed E-state index contributed by atoms with van der Waals surface area (Å²) in [7, 11) is 0. The molecule has 1 aromatic rings. The standard InChI is InChI=1S/C12H17Cl2N3/c1-2-17(8-10-4-3-5-15-10)12-11(14)6-9(13)7-16-12/h6-7,10,15H,2-5,8H2,1H3. The smallest absolute Gasteiger partial charge is 0.147 e. The summed E-state index contributed by atoms with van der Waals surface area (Å²) in [6.45, 7) is 5.07. The van der Waals surface area contributed by atoms with Crippen LogP contribution in [-0.4, -0.2) is 30.7 Å². The molecule has 1 unspecified atom stereocenters. The van der Waals surface area contributed by atoms with Gasteiger partial charge in [0.2, 0.25) is 0 Å². The molecule has 5 heteroatoms. The quantitative estimate of drug-likeness (QED) is 0.915. The van der Waals surface area contributed by atoms with Gasteiger partial charge in [0.05, 0.1) is 10.0 Å². The van der Waals surface area contributed by atoms with Crippen LogP contribution in [0.4, 0.5) is 5.82 Å². The fourth-order valence-corrected chi connectivity index (χ4v) is 2.68. The minimum atomic E-state index is 0.545. The zero-order chi connectivity index (χ0) is 12.3. The van der Waals surface area contributed by atoms with Crippen molar-refractivity contribution in [3.63, 3.8) is 0 Å². The summed E-state index contributed by atoms with van der Waals surface area (Å²) in [6.07, 6.45) is 4.12. The fourth-order valence-electron chi connectivity index (χ4n) is 2.18. The second-order valence-electron chi connectivity index (χ2n) is 4.29. The van der Waals surface area contributed by atoms with Crippen LogP contribution in [0.15, 0.2) is 12.3 Å². The van der Waals surface area contributed by atoms with E-state index in [4.69, 9.17) is 23.2 Å². The SMILES string of the molecule is CCN(CC1CCCN1)c1ncc(Cl)cc1Cl. The maximum atomic E-state index is 6.18. The second-order valence-corrected chi connectivity index (χ2v) is 5.13. The number of nitrogens with zero attached hydrogens (tertiary/aromatic N) is 2. The van der Waals surface area contributed by atoms with Crippen LogP contribution < -0.4 is 10.2 Å². The summed E-state index contributed by atoms with van der Waals surface area (Å²) in [5, 5.41) is 4.68. The fraction of sp³-hybridized carbons (Fsp3) is 0.583. The normalized spacial score (nSPS) is 19.6. The van der Waals surface area contributed by atoms with E-state index in [1.807, 2.05) is 0 Å². The van der Waals surface area contributed by atoms with Crippen LogP contribution in [0.5, 0.6) is 0 Å². The van der Waals surface area contributed by atoms with Crippen LogP contribution in [0.1, 0.15) is 19.8 Å². The number of likely N-dealkylation sites (N-methyl/N-ethyl adjacent to an activating group) is 1. The van der Waals surface area contributed by atoms with Gasteiger partial charge in [0.1, 0.15) is 5.82 Å². The monoisotopic (exact) mass is 273 g/mol. The first-order chi connectivity index (χ1) is 8.20. The van der Waals surface area contributed by atoms with Crippen LogP contribution in [0.25, 0.3) is 0 Å². The second kappa shape index (κ2) is 5.89. The van der Waals surface area contributed by atoms with Gasteiger partial charge in [0.25, 0.3) is 0 Å². The Morgan fingerprint density at radius 2 is 2.35 bits per heavy atom. The van der Waals surface area contributed by atoms with Crippen LogP contribution in [-0.2, 0) is 0 Å². The molecule has 0 amide bonds. The molecule has 0 saturated carbocycles. The lowest BCUT2D eigenvalue weighted by Crippen LogP contribution is -2.38. The van der Waals surface area contributed by atoms with Gasteiger partial charge in [0.15, 0.2) is 0 Å². The van der Waals surface area contributed by atoms with Gasteiger partial charge in [0, 0.05) is 25.3 Å². The van der Waals surface area contributed by atoms with Gasteiger partial charge >= 0.3 is 0 Å². The van der Waals surface area contributed by atoms with Gasteiger partial charge in [-0.25, -0.2) is 4.98 Å². The predicted molar refractivity (Wildman–Crippen MR) is 73.2 cm³/mol. The lowest BCUT2D eigenvalue weighted by Gasteiger charge is -2.26. The van der Waals surface area contributed by atoms with Crippen LogP contribution in [0.2, 0.25) is 10.0 Å². The van der Waals surface area contributed by atoms with Gasteiger partial charge in [-0.15, -0.1) is 0 Å². The van der Waals surface area contributed by atoms with Crippen molar-refractivity contribution in [2.24, 2.45) is 0 Å². The molecule has 94 valence electrons. The van der Waals surface area contributed by atoms with Crippen molar-refractivity contribution < 1.29 is 0 Å². The van der Waals surface area contributed by atoms with Crippen LogP contribution in [0.3, 0.4) is 0 Å². The molecule has 2 heterocycles. The average Bonchev–Trinajstić information content (AvgIpc) is 2.79. The van der Waals surface area contributed by atoms with E-state index in [0.717, 1.165) is 25.5 Å². The lowest BCUT2D eigenvalue weighted by atomic mass is 10.2. The zero-order valence-corrected chi connectivity index (χ0v) is 11.4. The third kappa shape index (κ3) is 3.24. The Balaban J connectivity index is 2.10. The van der Waals surface area contributed by atoms with Crippen molar-refractivity contribution >= 4 is 29.0 Å². The molecule has 0 bridgehead atoms. The molecule has 2 rings (SSSR count). The number of nitrogens with one attached hydrogen (secondary N) is 1. The van der Waals surface area contributed by atoms with E-state index in [0.29, 0.717) is 16.1 Å². The Morgan fingerprint density at radius 3 is 2.94 bits per heavy atom. The van der Waals surface area contributed by atoms with E-state index >= 15 is 0 Å². The molecule has 1 atom stereocenters. The van der Waals surface area contributed by atoms with Crippen molar-refractivity contribution in [1.82, 2.24) is 10.3 Å². The molecule has 0 aliphatic carbocycles. The highest BCUT2D eigenvalue weighted by Gasteiger charge is 2.19. The molecule has 1 N–H and O–H groups in total. The number of rotatable bonds is 4. The van der Waals surface area contributed by atoms with Gasteiger partial charge in [-0.05, 0) is 32.4 Å². The molecule has 1 aromatic heterocycles. The largest absolute Gasteiger partial charge is 0.354 e. The topological polar surface area (TPSA) is 28.2 Å². The molecule has 0 aromatic carbocycles. The van der Waals surface area contributed by atoms with Crippen molar-refractivity contribution in [2.45, 2.75) is 25.8 Å². The first-order valence-corrected chi connectivity index (χ1v) is 6.75. The Labute approximate surface area is 112 Å². The molecule has 3 nitrogen and oxygen atoms in total. The van der Waals surface area contributed by atoms with Crippen molar-refractivity contribution in [2.75, 3.05) is 24.5 Å². The molecular formula is C12H17Cl2N3. The highest BCUT2D eigenvalue weighted by molar-refractivity contribution is 6.36. The molecule has 0 spiro atoms. The van der Waals surface area contributed by atoms with E-state index in [1.165, 1.54) is 12.8 Å². The van der Waals surface area contributed by atoms with Gasteiger partial charge in [-0.3, -0.25) is 0 Å². The number of aromatic nitrogens is 1. The van der Waals surface area contributed by atoms with Gasteiger partial charge < -0.3 is 10.2 Å². The van der Waals surface area contributed by atoms with Gasteiger partial charge in [-0.2, -0.15) is 0 Å². The molecule has 1 saturated heterocycles. The predicted octanol–water partition coefficient (Wildman–Crippen LogP) is 2.97. The number of pyridine rings is 1. The number of anilines is 1. The van der Waals surface area contributed by atoms with E-state index in [1.54, 1.807) is 12.3 Å². The Kier molecular flexibility index (Phi) is 4.48. The first kappa shape index (κ1) is 12.9. The Morgan fingerprint density at radius 1 is 1.53 bits per heavy atom. The lowest BCUT2D eigenvalue weighted by molar-refractivity contribution is 0.584. The summed E-state index contributed by atoms with van der Waals surface area (Å²) in [5.74, 6) is 0.826. The molecule has 17 heavy (non-hydrogen) atoms. The molecular weight excluding hydrogens is 257 g/mol.